The van der Waals surface area contributed by atoms with Gasteiger partial charge in [-0.05, 0) is 31.7 Å². The average Bonchev–Trinajstić information content (AvgIpc) is 2.18. The second-order valence-corrected chi connectivity index (χ2v) is 3.69. The molecule has 0 aliphatic heterocycles. The monoisotopic (exact) mass is 185 g/mol. The summed E-state index contributed by atoms with van der Waals surface area (Å²) >= 11 is 0. The summed E-state index contributed by atoms with van der Waals surface area (Å²) in [5.74, 6) is 0.593. The molecule has 4 heteroatoms. The summed E-state index contributed by atoms with van der Waals surface area (Å²) in [5.41, 5.74) is 5.60. The molecule has 0 aromatic carbocycles. The predicted molar refractivity (Wildman–Crippen MR) is 52.4 cm³/mol. The molecule has 2 unspecified atom stereocenters. The summed E-state index contributed by atoms with van der Waals surface area (Å²) in [4.78, 5) is 11.0. The fourth-order valence-corrected chi connectivity index (χ4v) is 1.89. The van der Waals surface area contributed by atoms with E-state index in [0.717, 1.165) is 19.4 Å². The Hall–Kier alpha value is -0.770. The average molecular weight is 185 g/mol. The van der Waals surface area contributed by atoms with E-state index in [1.807, 2.05) is 0 Å². The lowest BCUT2D eigenvalue weighted by Crippen LogP contribution is -2.43. The third-order valence-electron chi connectivity index (χ3n) is 2.68. The number of nitrogens with one attached hydrogen (secondary N) is 2. The SMILES string of the molecule is CNC(=O)NC1CCCC(CN)C1. The molecule has 1 fully saturated rings. The Morgan fingerprint density at radius 3 is 2.92 bits per heavy atom. The maximum atomic E-state index is 11.0. The Morgan fingerprint density at radius 2 is 2.31 bits per heavy atom. The summed E-state index contributed by atoms with van der Waals surface area (Å²) in [6.45, 7) is 0.742. The summed E-state index contributed by atoms with van der Waals surface area (Å²) < 4.78 is 0. The van der Waals surface area contributed by atoms with Gasteiger partial charge in [0.1, 0.15) is 0 Å². The zero-order chi connectivity index (χ0) is 9.68. The zero-order valence-electron chi connectivity index (χ0n) is 8.18. The van der Waals surface area contributed by atoms with Gasteiger partial charge in [-0.25, -0.2) is 4.79 Å². The first-order valence-electron chi connectivity index (χ1n) is 4.94. The van der Waals surface area contributed by atoms with E-state index < -0.39 is 0 Å². The van der Waals surface area contributed by atoms with Gasteiger partial charge in [-0.1, -0.05) is 6.42 Å². The molecule has 4 nitrogen and oxygen atoms in total. The summed E-state index contributed by atoms with van der Waals surface area (Å²) in [6, 6.07) is 0.241. The molecule has 0 saturated heterocycles. The van der Waals surface area contributed by atoms with Crippen LogP contribution in [0.4, 0.5) is 4.79 Å². The number of carbonyl (C=O) groups is 1. The minimum Gasteiger partial charge on any atom is -0.341 e. The van der Waals surface area contributed by atoms with Crippen LogP contribution in [0.2, 0.25) is 0 Å². The van der Waals surface area contributed by atoms with Gasteiger partial charge < -0.3 is 16.4 Å². The minimum atomic E-state index is -0.0809. The van der Waals surface area contributed by atoms with Crippen LogP contribution in [-0.4, -0.2) is 25.7 Å². The van der Waals surface area contributed by atoms with E-state index in [4.69, 9.17) is 5.73 Å². The fourth-order valence-electron chi connectivity index (χ4n) is 1.89. The molecule has 1 rings (SSSR count). The Morgan fingerprint density at radius 1 is 1.54 bits per heavy atom. The molecule has 1 aliphatic carbocycles. The van der Waals surface area contributed by atoms with Crippen molar-refractivity contribution < 1.29 is 4.79 Å². The van der Waals surface area contributed by atoms with E-state index in [2.05, 4.69) is 10.6 Å². The Labute approximate surface area is 79.3 Å². The molecule has 0 radical (unpaired) electrons. The van der Waals surface area contributed by atoms with Gasteiger partial charge in [0.25, 0.3) is 0 Å². The van der Waals surface area contributed by atoms with Crippen LogP contribution < -0.4 is 16.4 Å². The largest absolute Gasteiger partial charge is 0.341 e. The Balaban J connectivity index is 2.29. The van der Waals surface area contributed by atoms with Gasteiger partial charge in [0.2, 0.25) is 0 Å². The lowest BCUT2D eigenvalue weighted by molar-refractivity contribution is 0.228. The Kier molecular flexibility index (Phi) is 4.02. The van der Waals surface area contributed by atoms with Crippen molar-refractivity contribution in [2.24, 2.45) is 11.7 Å². The topological polar surface area (TPSA) is 67.2 Å². The first-order chi connectivity index (χ1) is 6.26. The predicted octanol–water partition coefficient (Wildman–Crippen LogP) is 0.433. The van der Waals surface area contributed by atoms with Crippen molar-refractivity contribution >= 4 is 6.03 Å². The van der Waals surface area contributed by atoms with E-state index in [9.17, 15) is 4.79 Å². The smallest absolute Gasteiger partial charge is 0.314 e. The second-order valence-electron chi connectivity index (χ2n) is 3.69. The highest BCUT2D eigenvalue weighted by Crippen LogP contribution is 2.22. The van der Waals surface area contributed by atoms with Crippen molar-refractivity contribution in [3.8, 4) is 0 Å². The van der Waals surface area contributed by atoms with Gasteiger partial charge in [-0.3, -0.25) is 0 Å². The molecule has 1 saturated carbocycles. The van der Waals surface area contributed by atoms with E-state index in [-0.39, 0.29) is 6.03 Å². The molecule has 2 amide bonds. The van der Waals surface area contributed by atoms with Crippen LogP contribution in [0.15, 0.2) is 0 Å². The summed E-state index contributed by atoms with van der Waals surface area (Å²) in [5, 5.41) is 5.49. The lowest BCUT2D eigenvalue weighted by atomic mass is 9.86. The molecule has 1 aliphatic rings. The van der Waals surface area contributed by atoms with Crippen molar-refractivity contribution in [1.82, 2.24) is 10.6 Å². The fraction of sp³-hybridized carbons (Fsp3) is 0.889. The van der Waals surface area contributed by atoms with Gasteiger partial charge in [0.05, 0.1) is 0 Å². The number of rotatable bonds is 2. The van der Waals surface area contributed by atoms with Crippen LogP contribution in [0.25, 0.3) is 0 Å². The minimum absolute atomic E-state index is 0.0809. The van der Waals surface area contributed by atoms with Crippen LogP contribution in [0, 0.1) is 5.92 Å². The highest BCUT2D eigenvalue weighted by molar-refractivity contribution is 5.73. The summed E-state index contributed by atoms with van der Waals surface area (Å²) in [7, 11) is 1.64. The molecule has 0 heterocycles. The molecule has 0 aromatic heterocycles. The van der Waals surface area contributed by atoms with Crippen LogP contribution in [-0.2, 0) is 0 Å². The zero-order valence-corrected chi connectivity index (χ0v) is 8.18. The van der Waals surface area contributed by atoms with Crippen molar-refractivity contribution in [3.05, 3.63) is 0 Å². The lowest BCUT2D eigenvalue weighted by Gasteiger charge is -2.28. The molecule has 0 bridgehead atoms. The van der Waals surface area contributed by atoms with Gasteiger partial charge in [-0.15, -0.1) is 0 Å². The molecule has 0 aromatic rings. The van der Waals surface area contributed by atoms with Crippen molar-refractivity contribution in [3.63, 3.8) is 0 Å². The van der Waals surface area contributed by atoms with Crippen LogP contribution >= 0.6 is 0 Å². The maximum absolute atomic E-state index is 11.0. The molecule has 2 atom stereocenters. The van der Waals surface area contributed by atoms with Crippen LogP contribution in [0.3, 0.4) is 0 Å². The van der Waals surface area contributed by atoms with Crippen molar-refractivity contribution in [1.29, 1.82) is 0 Å². The first-order valence-corrected chi connectivity index (χ1v) is 4.94. The van der Waals surface area contributed by atoms with E-state index in [1.165, 1.54) is 12.8 Å². The van der Waals surface area contributed by atoms with Crippen LogP contribution in [0.1, 0.15) is 25.7 Å². The number of hydrogen-bond donors (Lipinski definition) is 3. The number of urea groups is 1. The standard InChI is InChI=1S/C9H19N3O/c1-11-9(13)12-8-4-2-3-7(5-8)6-10/h7-8H,2-6,10H2,1H3,(H2,11,12,13). The number of carbonyl (C=O) groups excluding carboxylic acids is 1. The molecule has 76 valence electrons. The molecule has 4 N–H and O–H groups in total. The first kappa shape index (κ1) is 10.3. The van der Waals surface area contributed by atoms with Gasteiger partial charge in [0, 0.05) is 13.1 Å². The van der Waals surface area contributed by atoms with E-state index in [1.54, 1.807) is 7.05 Å². The molecule has 13 heavy (non-hydrogen) atoms. The maximum Gasteiger partial charge on any atom is 0.314 e. The third-order valence-corrected chi connectivity index (χ3v) is 2.68. The normalized spacial score (nSPS) is 28.2. The van der Waals surface area contributed by atoms with Gasteiger partial charge in [-0.2, -0.15) is 0 Å². The second kappa shape index (κ2) is 5.07. The van der Waals surface area contributed by atoms with Crippen molar-refractivity contribution in [2.75, 3.05) is 13.6 Å². The Bertz CT molecular complexity index is 172. The van der Waals surface area contributed by atoms with Crippen molar-refractivity contribution in [2.45, 2.75) is 31.7 Å². The van der Waals surface area contributed by atoms with Gasteiger partial charge in [0.15, 0.2) is 0 Å². The quantitative estimate of drug-likeness (QED) is 0.584. The summed E-state index contributed by atoms with van der Waals surface area (Å²) in [6.07, 6.45) is 4.51. The molecular weight excluding hydrogens is 166 g/mol. The third kappa shape index (κ3) is 3.22. The molecule has 0 spiro atoms. The highest BCUT2D eigenvalue weighted by Gasteiger charge is 2.21. The highest BCUT2D eigenvalue weighted by atomic mass is 16.2. The molecular formula is C9H19N3O. The number of amides is 2. The number of nitrogens with two attached hydrogens (primary N) is 1. The van der Waals surface area contributed by atoms with Crippen LogP contribution in [0.5, 0.6) is 0 Å². The van der Waals surface area contributed by atoms with E-state index in [0.29, 0.717) is 12.0 Å². The van der Waals surface area contributed by atoms with E-state index >= 15 is 0 Å². The van der Waals surface area contributed by atoms with Gasteiger partial charge >= 0.3 is 6.03 Å². The number of hydrogen-bond acceptors (Lipinski definition) is 2.